The number of sulfonamides is 1. The molecule has 0 aliphatic rings. The van der Waals surface area contributed by atoms with Gasteiger partial charge in [0.05, 0.1) is 6.61 Å². The molecule has 1 N–H and O–H groups in total. The molecular formula is C12H18ClNO3S. The minimum Gasteiger partial charge on any atom is -0.492 e. The topological polar surface area (TPSA) is 55.4 Å². The molecule has 1 atom stereocenters. The predicted octanol–water partition coefficient (Wildman–Crippen LogP) is 2.82. The number of benzene rings is 1. The molecule has 0 amide bonds. The van der Waals surface area contributed by atoms with Crippen LogP contribution in [0.2, 0.25) is 5.02 Å². The van der Waals surface area contributed by atoms with Crippen molar-refractivity contribution in [1.82, 2.24) is 4.72 Å². The average Bonchev–Trinajstić information content (AvgIpc) is 2.31. The molecule has 0 aromatic heterocycles. The zero-order chi connectivity index (χ0) is 13.8. The predicted molar refractivity (Wildman–Crippen MR) is 72.7 cm³/mol. The van der Waals surface area contributed by atoms with Gasteiger partial charge in [0.15, 0.2) is 0 Å². The maximum Gasteiger partial charge on any atom is 0.244 e. The lowest BCUT2D eigenvalue weighted by Crippen LogP contribution is -2.32. The number of nitrogens with one attached hydrogen (secondary N) is 1. The van der Waals surface area contributed by atoms with Gasteiger partial charge in [0.1, 0.15) is 10.6 Å². The van der Waals surface area contributed by atoms with Crippen molar-refractivity contribution in [2.45, 2.75) is 38.1 Å². The highest BCUT2D eigenvalue weighted by atomic mass is 35.5. The van der Waals surface area contributed by atoms with E-state index in [0.29, 0.717) is 23.8 Å². The minimum atomic E-state index is -3.61. The molecule has 0 aliphatic heterocycles. The summed E-state index contributed by atoms with van der Waals surface area (Å²) in [5, 5.41) is 0.364. The largest absolute Gasteiger partial charge is 0.492 e. The summed E-state index contributed by atoms with van der Waals surface area (Å²) in [6.45, 7) is 5.91. The van der Waals surface area contributed by atoms with E-state index in [0.717, 1.165) is 0 Å². The SMILES string of the molecule is CCOc1ccc(Cl)cc1S(=O)(=O)N[C@@H](C)CC. The van der Waals surface area contributed by atoms with Gasteiger partial charge in [-0.15, -0.1) is 0 Å². The maximum absolute atomic E-state index is 12.2. The number of ether oxygens (including phenoxy) is 1. The van der Waals surface area contributed by atoms with Gasteiger partial charge in [-0.2, -0.15) is 0 Å². The summed E-state index contributed by atoms with van der Waals surface area (Å²) < 4.78 is 32.3. The first kappa shape index (κ1) is 15.3. The molecule has 0 saturated heterocycles. The van der Waals surface area contributed by atoms with Gasteiger partial charge in [-0.3, -0.25) is 0 Å². The summed E-state index contributed by atoms with van der Waals surface area (Å²) in [4.78, 5) is 0.0807. The molecular weight excluding hydrogens is 274 g/mol. The van der Waals surface area contributed by atoms with Crippen LogP contribution in [0.1, 0.15) is 27.2 Å². The van der Waals surface area contributed by atoms with Crippen LogP contribution in [0, 0.1) is 0 Å². The van der Waals surface area contributed by atoms with Crippen LogP contribution in [0.25, 0.3) is 0 Å². The molecule has 18 heavy (non-hydrogen) atoms. The van der Waals surface area contributed by atoms with Crippen molar-refractivity contribution in [3.63, 3.8) is 0 Å². The molecule has 0 heterocycles. The van der Waals surface area contributed by atoms with Crippen LogP contribution >= 0.6 is 11.6 Å². The molecule has 0 radical (unpaired) electrons. The van der Waals surface area contributed by atoms with E-state index in [9.17, 15) is 8.42 Å². The number of hydrogen-bond acceptors (Lipinski definition) is 3. The average molecular weight is 292 g/mol. The van der Waals surface area contributed by atoms with Gasteiger partial charge in [0.2, 0.25) is 10.0 Å². The minimum absolute atomic E-state index is 0.0807. The fourth-order valence-electron chi connectivity index (χ4n) is 1.38. The molecule has 1 aromatic rings. The lowest BCUT2D eigenvalue weighted by Gasteiger charge is -2.15. The third-order valence-corrected chi connectivity index (χ3v) is 4.31. The first-order chi connectivity index (χ1) is 8.40. The summed E-state index contributed by atoms with van der Waals surface area (Å²) in [7, 11) is -3.61. The van der Waals surface area contributed by atoms with Crippen LogP contribution in [0.4, 0.5) is 0 Å². The molecule has 6 heteroatoms. The van der Waals surface area contributed by atoms with Gasteiger partial charge < -0.3 is 4.74 Å². The second-order valence-corrected chi connectivity index (χ2v) is 6.07. The summed E-state index contributed by atoms with van der Waals surface area (Å²) >= 11 is 5.85. The van der Waals surface area contributed by atoms with Crippen LogP contribution in [0.3, 0.4) is 0 Å². The van der Waals surface area contributed by atoms with Gasteiger partial charge in [0.25, 0.3) is 0 Å². The standard InChI is InChI=1S/C12H18ClNO3S/c1-4-9(3)14-18(15,16)12-8-10(13)6-7-11(12)17-5-2/h6-9,14H,4-5H2,1-3H3/t9-/m0/s1. The Labute approximate surface area is 113 Å². The Morgan fingerprint density at radius 1 is 1.39 bits per heavy atom. The Hall–Kier alpha value is -0.780. The Kier molecular flexibility index (Phi) is 5.44. The van der Waals surface area contributed by atoms with E-state index in [-0.39, 0.29) is 10.9 Å². The molecule has 4 nitrogen and oxygen atoms in total. The molecule has 1 rings (SSSR count). The van der Waals surface area contributed by atoms with Gasteiger partial charge in [-0.25, -0.2) is 13.1 Å². The van der Waals surface area contributed by atoms with E-state index in [4.69, 9.17) is 16.3 Å². The normalized spacial score (nSPS) is 13.3. The van der Waals surface area contributed by atoms with Gasteiger partial charge in [-0.1, -0.05) is 18.5 Å². The molecule has 0 fully saturated rings. The van der Waals surface area contributed by atoms with Crippen LogP contribution in [-0.4, -0.2) is 21.1 Å². The van der Waals surface area contributed by atoms with Gasteiger partial charge >= 0.3 is 0 Å². The van der Waals surface area contributed by atoms with Crippen molar-refractivity contribution in [2.24, 2.45) is 0 Å². The molecule has 1 aromatic carbocycles. The van der Waals surface area contributed by atoms with Crippen LogP contribution in [0.15, 0.2) is 23.1 Å². The quantitative estimate of drug-likeness (QED) is 0.877. The highest BCUT2D eigenvalue weighted by Crippen LogP contribution is 2.27. The van der Waals surface area contributed by atoms with Crippen molar-refractivity contribution < 1.29 is 13.2 Å². The van der Waals surface area contributed by atoms with Gasteiger partial charge in [-0.05, 0) is 38.5 Å². The highest BCUT2D eigenvalue weighted by molar-refractivity contribution is 7.89. The Morgan fingerprint density at radius 3 is 2.61 bits per heavy atom. The summed E-state index contributed by atoms with van der Waals surface area (Å²) in [6.07, 6.45) is 0.712. The molecule has 102 valence electrons. The lowest BCUT2D eigenvalue weighted by atomic mass is 10.3. The van der Waals surface area contributed by atoms with Crippen molar-refractivity contribution >= 4 is 21.6 Å². The zero-order valence-electron chi connectivity index (χ0n) is 10.7. The monoisotopic (exact) mass is 291 g/mol. The van der Waals surface area contributed by atoms with E-state index < -0.39 is 10.0 Å². The van der Waals surface area contributed by atoms with Crippen molar-refractivity contribution in [1.29, 1.82) is 0 Å². The molecule has 0 unspecified atom stereocenters. The third-order valence-electron chi connectivity index (χ3n) is 2.46. The van der Waals surface area contributed by atoms with E-state index in [1.165, 1.54) is 6.07 Å². The molecule has 0 saturated carbocycles. The Bertz CT molecular complexity index is 502. The Morgan fingerprint density at radius 2 is 2.06 bits per heavy atom. The molecule has 0 spiro atoms. The molecule has 0 aliphatic carbocycles. The van der Waals surface area contributed by atoms with E-state index in [1.54, 1.807) is 19.1 Å². The fraction of sp³-hybridized carbons (Fsp3) is 0.500. The van der Waals surface area contributed by atoms with E-state index in [2.05, 4.69) is 4.72 Å². The first-order valence-corrected chi connectivity index (χ1v) is 7.71. The van der Waals surface area contributed by atoms with E-state index in [1.807, 2.05) is 13.8 Å². The van der Waals surface area contributed by atoms with Crippen LogP contribution in [0.5, 0.6) is 5.75 Å². The number of hydrogen-bond donors (Lipinski definition) is 1. The summed E-state index contributed by atoms with van der Waals surface area (Å²) in [6, 6.07) is 4.44. The van der Waals surface area contributed by atoms with Crippen LogP contribution < -0.4 is 9.46 Å². The zero-order valence-corrected chi connectivity index (χ0v) is 12.3. The third kappa shape index (κ3) is 3.86. The number of rotatable bonds is 6. The second kappa shape index (κ2) is 6.41. The summed E-state index contributed by atoms with van der Waals surface area (Å²) in [5.74, 6) is 0.317. The first-order valence-electron chi connectivity index (χ1n) is 5.85. The van der Waals surface area contributed by atoms with Crippen LogP contribution in [-0.2, 0) is 10.0 Å². The van der Waals surface area contributed by atoms with Crippen molar-refractivity contribution in [3.8, 4) is 5.75 Å². The summed E-state index contributed by atoms with van der Waals surface area (Å²) in [5.41, 5.74) is 0. The van der Waals surface area contributed by atoms with E-state index >= 15 is 0 Å². The lowest BCUT2D eigenvalue weighted by molar-refractivity contribution is 0.331. The van der Waals surface area contributed by atoms with Crippen molar-refractivity contribution in [2.75, 3.05) is 6.61 Å². The maximum atomic E-state index is 12.2. The second-order valence-electron chi connectivity index (χ2n) is 3.95. The van der Waals surface area contributed by atoms with Gasteiger partial charge in [0, 0.05) is 11.1 Å². The number of halogens is 1. The fourth-order valence-corrected chi connectivity index (χ4v) is 3.11. The Balaban J connectivity index is 3.17. The molecule has 0 bridgehead atoms. The van der Waals surface area contributed by atoms with Crippen molar-refractivity contribution in [3.05, 3.63) is 23.2 Å². The smallest absolute Gasteiger partial charge is 0.244 e. The highest BCUT2D eigenvalue weighted by Gasteiger charge is 2.21.